The summed E-state index contributed by atoms with van der Waals surface area (Å²) in [4.78, 5) is 52.5. The molecule has 0 radical (unpaired) electrons. The molecule has 0 atom stereocenters. The molecule has 48 heavy (non-hydrogen) atoms. The fourth-order valence-corrected chi connectivity index (χ4v) is 4.99. The van der Waals surface area contributed by atoms with Crippen molar-refractivity contribution in [2.24, 2.45) is 26.9 Å². The number of nitrogens with zero attached hydrogens (tertiary/aromatic N) is 8. The molecular formula is C29H35Cl2N13O4. The van der Waals surface area contributed by atoms with E-state index in [9.17, 15) is 19.2 Å². The fourth-order valence-electron chi connectivity index (χ4n) is 4.60. The van der Waals surface area contributed by atoms with Crippen LogP contribution in [0.5, 0.6) is 0 Å². The fraction of sp³-hybridized carbons (Fsp3) is 0.310. The Labute approximate surface area is 285 Å². The second kappa shape index (κ2) is 16.0. The third-order valence-electron chi connectivity index (χ3n) is 6.89. The summed E-state index contributed by atoms with van der Waals surface area (Å²) >= 11 is 12.1. The molecule has 3 heterocycles. The van der Waals surface area contributed by atoms with Crippen molar-refractivity contribution in [3.8, 4) is 0 Å². The van der Waals surface area contributed by atoms with Gasteiger partial charge in [-0.25, -0.2) is 10.0 Å². The Kier molecular flexibility index (Phi) is 11.9. The number of benzene rings is 1. The number of hydrogen-bond donors (Lipinski definition) is 5. The van der Waals surface area contributed by atoms with E-state index in [1.165, 1.54) is 44.3 Å². The van der Waals surface area contributed by atoms with E-state index >= 15 is 0 Å². The van der Waals surface area contributed by atoms with Gasteiger partial charge in [-0.15, -0.1) is 23.2 Å². The quantitative estimate of drug-likeness (QED) is 0.0528. The number of nitrogens with two attached hydrogens (primary N) is 1. The van der Waals surface area contributed by atoms with Gasteiger partial charge in [0.15, 0.2) is 17.5 Å². The smallest absolute Gasteiger partial charge is 0.275 e. The van der Waals surface area contributed by atoms with Gasteiger partial charge in [0.05, 0.1) is 5.84 Å². The topological polar surface area (TPSA) is 214 Å². The van der Waals surface area contributed by atoms with Crippen molar-refractivity contribution < 1.29 is 19.2 Å². The van der Waals surface area contributed by atoms with Gasteiger partial charge in [0.1, 0.15) is 17.1 Å². The van der Waals surface area contributed by atoms with Crippen LogP contribution in [0.4, 0.5) is 17.5 Å². The highest BCUT2D eigenvalue weighted by atomic mass is 35.5. The van der Waals surface area contributed by atoms with Crippen molar-refractivity contribution in [2.45, 2.75) is 6.42 Å². The van der Waals surface area contributed by atoms with Crippen LogP contribution in [0.25, 0.3) is 0 Å². The molecule has 4 rings (SSSR count). The molecule has 0 unspecified atom stereocenters. The molecule has 0 saturated heterocycles. The molecule has 0 fully saturated rings. The summed E-state index contributed by atoms with van der Waals surface area (Å²) in [5.74, 6) is -1.29. The SMILES string of the molecule is Cn1nc(NC(=O)c2cc(NC(=O)c3cc(N(C(=O)c4ccccc4)N(CCCl)CCCl)nn3C)nn2C)cc1C(=O)NCCC(=N)N. The van der Waals surface area contributed by atoms with Crippen LogP contribution in [-0.2, 0) is 21.1 Å². The molecule has 1 aromatic carbocycles. The zero-order chi connectivity index (χ0) is 35.0. The van der Waals surface area contributed by atoms with Gasteiger partial charge < -0.3 is 21.7 Å². The Morgan fingerprint density at radius 1 is 0.792 bits per heavy atom. The summed E-state index contributed by atoms with van der Waals surface area (Å²) in [7, 11) is 4.62. The molecule has 19 heteroatoms. The maximum atomic E-state index is 13.6. The minimum Gasteiger partial charge on any atom is -0.388 e. The van der Waals surface area contributed by atoms with Crippen molar-refractivity contribution in [1.29, 1.82) is 5.41 Å². The van der Waals surface area contributed by atoms with Crippen molar-refractivity contribution in [3.63, 3.8) is 0 Å². The largest absolute Gasteiger partial charge is 0.388 e. The Balaban J connectivity index is 1.50. The minimum absolute atomic E-state index is 0.0560. The maximum absolute atomic E-state index is 13.6. The molecule has 0 saturated carbocycles. The Morgan fingerprint density at radius 2 is 1.29 bits per heavy atom. The Morgan fingerprint density at radius 3 is 1.81 bits per heavy atom. The average Bonchev–Trinajstić information content (AvgIpc) is 3.73. The second-order valence-electron chi connectivity index (χ2n) is 10.3. The summed E-state index contributed by atoms with van der Waals surface area (Å²) in [5.41, 5.74) is 6.09. The third-order valence-corrected chi connectivity index (χ3v) is 7.22. The number of halogens is 2. The van der Waals surface area contributed by atoms with Crippen LogP contribution in [0.1, 0.15) is 48.2 Å². The van der Waals surface area contributed by atoms with Crippen LogP contribution in [0.2, 0.25) is 0 Å². The highest BCUT2D eigenvalue weighted by Gasteiger charge is 2.29. The first kappa shape index (κ1) is 35.6. The Bertz CT molecular complexity index is 1800. The summed E-state index contributed by atoms with van der Waals surface area (Å²) in [6.07, 6.45) is 0.197. The molecule has 0 bridgehead atoms. The standard InChI is InChI=1S/C29H35Cl2N13O4/c1-40-19(26(45)34-12-9-22(32)33)15-23(37-40)35-27(46)20-16-24(38-41(20)2)36-28(47)21-17-25(39-42(21)3)44(43(13-10-30)14-11-31)29(48)18-7-5-4-6-8-18/h4-8,15-17H,9-14H2,1-3H3,(H3,32,33)(H,34,45)(H,35,37,46)(H,36,38,47). The molecule has 6 N–H and O–H groups in total. The first-order chi connectivity index (χ1) is 22.9. The predicted molar refractivity (Wildman–Crippen MR) is 181 cm³/mol. The lowest BCUT2D eigenvalue weighted by Gasteiger charge is -2.32. The number of hydrogen-bond acceptors (Lipinski definition) is 9. The lowest BCUT2D eigenvalue weighted by atomic mass is 10.2. The normalized spacial score (nSPS) is 11.0. The summed E-state index contributed by atoms with van der Waals surface area (Å²) in [6, 6.07) is 12.8. The number of alkyl halides is 2. The van der Waals surface area contributed by atoms with E-state index in [1.807, 2.05) is 0 Å². The van der Waals surface area contributed by atoms with E-state index < -0.39 is 17.7 Å². The van der Waals surface area contributed by atoms with Crippen molar-refractivity contribution in [3.05, 3.63) is 71.2 Å². The lowest BCUT2D eigenvalue weighted by Crippen LogP contribution is -2.49. The molecule has 4 amide bonds. The molecule has 0 aliphatic heterocycles. The number of amides is 4. The molecule has 254 valence electrons. The van der Waals surface area contributed by atoms with Gasteiger partial charge in [-0.2, -0.15) is 15.3 Å². The minimum atomic E-state index is -0.597. The maximum Gasteiger partial charge on any atom is 0.275 e. The Hall–Kier alpha value is -5.26. The summed E-state index contributed by atoms with van der Waals surface area (Å²) < 4.78 is 3.89. The van der Waals surface area contributed by atoms with Gasteiger partial charge in [-0.3, -0.25) is 38.6 Å². The number of carbonyl (C=O) groups is 4. The molecule has 0 aliphatic carbocycles. The van der Waals surface area contributed by atoms with E-state index in [1.54, 1.807) is 49.4 Å². The molecule has 0 spiro atoms. The number of aromatic nitrogens is 6. The van der Waals surface area contributed by atoms with Crippen LogP contribution in [-0.4, -0.2) is 95.2 Å². The second-order valence-corrected chi connectivity index (χ2v) is 11.1. The predicted octanol–water partition coefficient (Wildman–Crippen LogP) is 1.79. The van der Waals surface area contributed by atoms with E-state index in [0.717, 1.165) is 0 Å². The first-order valence-electron chi connectivity index (χ1n) is 14.6. The molecule has 17 nitrogen and oxygen atoms in total. The van der Waals surface area contributed by atoms with E-state index in [0.29, 0.717) is 5.56 Å². The number of aryl methyl sites for hydroxylation is 3. The number of rotatable bonds is 15. The van der Waals surface area contributed by atoms with Crippen LogP contribution in [0.3, 0.4) is 0 Å². The van der Waals surface area contributed by atoms with Crippen LogP contribution < -0.4 is 26.7 Å². The monoisotopic (exact) mass is 699 g/mol. The number of hydrazine groups is 1. The molecule has 0 aliphatic rings. The van der Waals surface area contributed by atoms with Gasteiger partial charge in [0.2, 0.25) is 0 Å². The van der Waals surface area contributed by atoms with Gasteiger partial charge in [-0.1, -0.05) is 18.2 Å². The van der Waals surface area contributed by atoms with Gasteiger partial charge in [0.25, 0.3) is 23.6 Å². The number of amidine groups is 1. The number of anilines is 3. The average molecular weight is 701 g/mol. The van der Waals surface area contributed by atoms with E-state index in [4.69, 9.17) is 34.3 Å². The van der Waals surface area contributed by atoms with Crippen molar-refractivity contribution >= 4 is 70.1 Å². The zero-order valence-corrected chi connectivity index (χ0v) is 27.9. The van der Waals surface area contributed by atoms with Crippen molar-refractivity contribution in [2.75, 3.05) is 47.0 Å². The van der Waals surface area contributed by atoms with Crippen LogP contribution >= 0.6 is 23.2 Å². The highest BCUT2D eigenvalue weighted by Crippen LogP contribution is 2.22. The zero-order valence-electron chi connectivity index (χ0n) is 26.4. The van der Waals surface area contributed by atoms with Crippen LogP contribution in [0.15, 0.2) is 48.5 Å². The molecule has 4 aromatic rings. The van der Waals surface area contributed by atoms with Crippen LogP contribution in [0, 0.1) is 5.41 Å². The summed E-state index contributed by atoms with van der Waals surface area (Å²) in [5, 5.41) is 31.0. The number of nitrogens with one attached hydrogen (secondary N) is 4. The highest BCUT2D eigenvalue weighted by molar-refractivity contribution is 6.18. The number of carbonyl (C=O) groups excluding carboxylic acids is 4. The van der Waals surface area contributed by atoms with E-state index in [2.05, 4.69) is 31.2 Å². The van der Waals surface area contributed by atoms with Gasteiger partial charge in [0, 0.05) is 82.7 Å². The van der Waals surface area contributed by atoms with Gasteiger partial charge >= 0.3 is 0 Å². The molecular weight excluding hydrogens is 665 g/mol. The van der Waals surface area contributed by atoms with E-state index in [-0.39, 0.29) is 84.1 Å². The van der Waals surface area contributed by atoms with Gasteiger partial charge in [-0.05, 0) is 12.1 Å². The summed E-state index contributed by atoms with van der Waals surface area (Å²) in [6.45, 7) is 0.755. The first-order valence-corrected chi connectivity index (χ1v) is 15.6. The molecule has 3 aromatic heterocycles. The van der Waals surface area contributed by atoms with Crippen molar-refractivity contribution in [1.82, 2.24) is 39.7 Å². The third kappa shape index (κ3) is 8.55. The lowest BCUT2D eigenvalue weighted by molar-refractivity contribution is 0.0899.